The van der Waals surface area contributed by atoms with Crippen molar-refractivity contribution in [3.63, 3.8) is 0 Å². The standard InChI is InChI=1S/C16H26N2O2S/c1-13(2)11-18(12-15-8-6-10-17-15)21(19,20)16-9-5-4-7-14(16)3/h4-5,7,9,13,15,17H,6,8,10-12H2,1-3H3. The quantitative estimate of drug-likeness (QED) is 0.878. The molecule has 0 bridgehead atoms. The lowest BCUT2D eigenvalue weighted by Gasteiger charge is -2.27. The van der Waals surface area contributed by atoms with Crippen LogP contribution in [-0.2, 0) is 10.0 Å². The Bertz CT molecular complexity index is 563. The number of aryl methyl sites for hydroxylation is 1. The summed E-state index contributed by atoms with van der Waals surface area (Å²) in [5, 5.41) is 3.39. The van der Waals surface area contributed by atoms with Crippen molar-refractivity contribution in [3.05, 3.63) is 29.8 Å². The van der Waals surface area contributed by atoms with Gasteiger partial charge in [0.25, 0.3) is 0 Å². The van der Waals surface area contributed by atoms with Crippen LogP contribution in [0.4, 0.5) is 0 Å². The summed E-state index contributed by atoms with van der Waals surface area (Å²) in [6.45, 7) is 8.09. The molecule has 1 fully saturated rings. The van der Waals surface area contributed by atoms with E-state index in [2.05, 4.69) is 19.2 Å². The van der Waals surface area contributed by atoms with Gasteiger partial charge in [-0.25, -0.2) is 8.42 Å². The van der Waals surface area contributed by atoms with E-state index in [1.165, 1.54) is 0 Å². The van der Waals surface area contributed by atoms with E-state index >= 15 is 0 Å². The van der Waals surface area contributed by atoms with E-state index in [9.17, 15) is 8.42 Å². The van der Waals surface area contributed by atoms with Gasteiger partial charge in [-0.3, -0.25) is 0 Å². The molecule has 0 aliphatic carbocycles. The van der Waals surface area contributed by atoms with Gasteiger partial charge >= 0.3 is 0 Å². The molecular weight excluding hydrogens is 284 g/mol. The predicted molar refractivity (Wildman–Crippen MR) is 85.8 cm³/mol. The zero-order valence-corrected chi connectivity index (χ0v) is 14.0. The minimum atomic E-state index is -3.42. The fourth-order valence-electron chi connectivity index (χ4n) is 2.82. The Morgan fingerprint density at radius 3 is 2.62 bits per heavy atom. The van der Waals surface area contributed by atoms with Crippen LogP contribution in [0.2, 0.25) is 0 Å². The normalized spacial score (nSPS) is 19.6. The molecule has 1 aromatic rings. The van der Waals surface area contributed by atoms with Gasteiger partial charge < -0.3 is 5.32 Å². The molecule has 1 heterocycles. The molecule has 0 aromatic heterocycles. The lowest BCUT2D eigenvalue weighted by Crippen LogP contribution is -2.42. The molecule has 0 radical (unpaired) electrons. The number of sulfonamides is 1. The van der Waals surface area contributed by atoms with Crippen LogP contribution < -0.4 is 5.32 Å². The van der Waals surface area contributed by atoms with Crippen LogP contribution in [-0.4, -0.2) is 38.4 Å². The van der Waals surface area contributed by atoms with E-state index in [4.69, 9.17) is 0 Å². The van der Waals surface area contributed by atoms with Gasteiger partial charge in [0.15, 0.2) is 0 Å². The van der Waals surface area contributed by atoms with Crippen molar-refractivity contribution in [1.29, 1.82) is 0 Å². The summed E-state index contributed by atoms with van der Waals surface area (Å²) in [6, 6.07) is 7.51. The number of benzene rings is 1. The smallest absolute Gasteiger partial charge is 0.243 e. The molecule has 1 aromatic carbocycles. The van der Waals surface area contributed by atoms with E-state index in [0.29, 0.717) is 23.9 Å². The highest BCUT2D eigenvalue weighted by molar-refractivity contribution is 7.89. The second-order valence-electron chi connectivity index (χ2n) is 6.27. The average Bonchev–Trinajstić information content (AvgIpc) is 2.90. The number of nitrogens with one attached hydrogen (secondary N) is 1. The summed E-state index contributed by atoms with van der Waals surface area (Å²) in [4.78, 5) is 0.434. The number of hydrogen-bond donors (Lipinski definition) is 1. The molecule has 2 rings (SSSR count). The Hall–Kier alpha value is -0.910. The van der Waals surface area contributed by atoms with Crippen molar-refractivity contribution >= 4 is 10.0 Å². The Balaban J connectivity index is 2.27. The highest BCUT2D eigenvalue weighted by atomic mass is 32.2. The van der Waals surface area contributed by atoms with E-state index in [-0.39, 0.29) is 6.04 Å². The van der Waals surface area contributed by atoms with Crippen LogP contribution in [0, 0.1) is 12.8 Å². The first-order valence-corrected chi connectivity index (χ1v) is 9.14. The van der Waals surface area contributed by atoms with E-state index in [1.807, 2.05) is 19.1 Å². The summed E-state index contributed by atoms with van der Waals surface area (Å²) in [5.41, 5.74) is 0.811. The van der Waals surface area contributed by atoms with E-state index in [0.717, 1.165) is 24.9 Å². The highest BCUT2D eigenvalue weighted by Gasteiger charge is 2.29. The minimum Gasteiger partial charge on any atom is -0.313 e. The summed E-state index contributed by atoms with van der Waals surface area (Å²) < 4.78 is 27.6. The lowest BCUT2D eigenvalue weighted by molar-refractivity contribution is 0.336. The maximum Gasteiger partial charge on any atom is 0.243 e. The maximum absolute atomic E-state index is 13.0. The number of nitrogens with zero attached hydrogens (tertiary/aromatic N) is 1. The van der Waals surface area contributed by atoms with Gasteiger partial charge in [-0.05, 0) is 43.9 Å². The molecule has 1 N–H and O–H groups in total. The highest BCUT2D eigenvalue weighted by Crippen LogP contribution is 2.22. The zero-order valence-electron chi connectivity index (χ0n) is 13.2. The number of rotatable bonds is 6. The molecule has 0 amide bonds. The Morgan fingerprint density at radius 2 is 2.05 bits per heavy atom. The maximum atomic E-state index is 13.0. The summed E-state index contributed by atoms with van der Waals surface area (Å²) >= 11 is 0. The van der Waals surface area contributed by atoms with Crippen molar-refractivity contribution in [2.24, 2.45) is 5.92 Å². The Labute approximate surface area is 128 Å². The van der Waals surface area contributed by atoms with Gasteiger partial charge in [0.2, 0.25) is 10.0 Å². The molecule has 1 unspecified atom stereocenters. The summed E-state index contributed by atoms with van der Waals surface area (Å²) in [7, 11) is -3.42. The fourth-order valence-corrected chi connectivity index (χ4v) is 4.70. The number of hydrogen-bond acceptors (Lipinski definition) is 3. The first-order valence-electron chi connectivity index (χ1n) is 7.70. The molecule has 5 heteroatoms. The molecule has 1 atom stereocenters. The van der Waals surface area contributed by atoms with Crippen LogP contribution in [0.3, 0.4) is 0 Å². The summed E-state index contributed by atoms with van der Waals surface area (Å²) in [5.74, 6) is 0.310. The third kappa shape index (κ3) is 4.05. The third-order valence-corrected chi connectivity index (χ3v) is 5.86. The third-order valence-electron chi connectivity index (χ3n) is 3.87. The Kier molecular flexibility index (Phi) is 5.41. The topological polar surface area (TPSA) is 49.4 Å². The van der Waals surface area contributed by atoms with E-state index in [1.54, 1.807) is 16.4 Å². The molecule has 1 aliphatic rings. The molecule has 0 spiro atoms. The largest absolute Gasteiger partial charge is 0.313 e. The van der Waals surface area contributed by atoms with Gasteiger partial charge in [0, 0.05) is 19.1 Å². The van der Waals surface area contributed by atoms with Gasteiger partial charge in [-0.15, -0.1) is 0 Å². The minimum absolute atomic E-state index is 0.280. The van der Waals surface area contributed by atoms with Crippen LogP contribution in [0.5, 0.6) is 0 Å². The second-order valence-corrected chi connectivity index (χ2v) is 8.18. The van der Waals surface area contributed by atoms with Crippen molar-refractivity contribution in [1.82, 2.24) is 9.62 Å². The second kappa shape index (κ2) is 6.90. The van der Waals surface area contributed by atoms with Crippen molar-refractivity contribution in [2.75, 3.05) is 19.6 Å². The molecule has 21 heavy (non-hydrogen) atoms. The van der Waals surface area contributed by atoms with Crippen LogP contribution in [0.15, 0.2) is 29.2 Å². The van der Waals surface area contributed by atoms with Crippen molar-refractivity contribution < 1.29 is 8.42 Å². The van der Waals surface area contributed by atoms with Crippen LogP contribution >= 0.6 is 0 Å². The first-order chi connectivity index (χ1) is 9.91. The van der Waals surface area contributed by atoms with Gasteiger partial charge in [-0.2, -0.15) is 4.31 Å². The average molecular weight is 310 g/mol. The predicted octanol–water partition coefficient (Wildman–Crippen LogP) is 2.39. The van der Waals surface area contributed by atoms with Gasteiger partial charge in [0.05, 0.1) is 4.90 Å². The zero-order chi connectivity index (χ0) is 15.5. The van der Waals surface area contributed by atoms with E-state index < -0.39 is 10.0 Å². The van der Waals surface area contributed by atoms with Gasteiger partial charge in [0.1, 0.15) is 0 Å². The van der Waals surface area contributed by atoms with Gasteiger partial charge in [-0.1, -0.05) is 32.0 Å². The molecule has 1 aliphatic heterocycles. The van der Waals surface area contributed by atoms with Crippen molar-refractivity contribution in [2.45, 2.75) is 44.6 Å². The first kappa shape index (κ1) is 16.5. The monoisotopic (exact) mass is 310 g/mol. The fraction of sp³-hybridized carbons (Fsp3) is 0.625. The molecule has 0 saturated carbocycles. The van der Waals surface area contributed by atoms with Crippen molar-refractivity contribution in [3.8, 4) is 0 Å². The molecular formula is C16H26N2O2S. The Morgan fingerprint density at radius 1 is 1.33 bits per heavy atom. The van der Waals surface area contributed by atoms with Crippen LogP contribution in [0.25, 0.3) is 0 Å². The van der Waals surface area contributed by atoms with Crippen LogP contribution in [0.1, 0.15) is 32.3 Å². The molecule has 4 nitrogen and oxygen atoms in total. The SMILES string of the molecule is Cc1ccccc1S(=O)(=O)N(CC(C)C)CC1CCCN1. The lowest BCUT2D eigenvalue weighted by atomic mass is 10.2. The molecule has 1 saturated heterocycles. The summed E-state index contributed by atoms with van der Waals surface area (Å²) in [6.07, 6.45) is 2.18. The molecule has 118 valence electrons.